The molecule has 0 bridgehead atoms. The zero-order chi connectivity index (χ0) is 25.2. The van der Waals surface area contributed by atoms with Gasteiger partial charge in [-0.05, 0) is 76.1 Å². The lowest BCUT2D eigenvalue weighted by Gasteiger charge is -2.09. The summed E-state index contributed by atoms with van der Waals surface area (Å²) < 4.78 is 16.3. The number of nitrogens with one attached hydrogen (secondary N) is 2. The molecular weight excluding hydrogens is 518 g/mol. The molecule has 0 aromatic heterocycles. The molecule has 0 spiro atoms. The lowest BCUT2D eigenvalue weighted by atomic mass is 10.2. The number of nitrogens with zero attached hydrogens (tertiary/aromatic N) is 1. The van der Waals surface area contributed by atoms with E-state index in [4.69, 9.17) is 14.2 Å². The summed E-state index contributed by atoms with van der Waals surface area (Å²) in [5, 5.41) is 6.37. The van der Waals surface area contributed by atoms with E-state index in [0.717, 1.165) is 0 Å². The third kappa shape index (κ3) is 7.15. The van der Waals surface area contributed by atoms with Gasteiger partial charge >= 0.3 is 5.97 Å². The summed E-state index contributed by atoms with van der Waals surface area (Å²) in [6.07, 6.45) is 1.42. The topological polar surface area (TPSA) is 115 Å². The normalized spacial score (nSPS) is 10.5. The van der Waals surface area contributed by atoms with Gasteiger partial charge in [0.15, 0.2) is 11.5 Å². The van der Waals surface area contributed by atoms with Gasteiger partial charge in [-0.2, -0.15) is 5.10 Å². The van der Waals surface area contributed by atoms with Crippen LogP contribution in [0.3, 0.4) is 0 Å². The first kappa shape index (κ1) is 25.4. The second-order valence-electron chi connectivity index (χ2n) is 6.98. The number of hydrogen-bond donors (Lipinski definition) is 2. The maximum Gasteiger partial charge on any atom is 0.344 e. The number of rotatable bonds is 9. The van der Waals surface area contributed by atoms with E-state index in [1.165, 1.54) is 26.5 Å². The van der Waals surface area contributed by atoms with E-state index in [-0.39, 0.29) is 6.54 Å². The summed E-state index contributed by atoms with van der Waals surface area (Å²) in [5.74, 6) is -0.174. The Morgan fingerprint density at radius 2 is 1.66 bits per heavy atom. The minimum absolute atomic E-state index is 0.269. The van der Waals surface area contributed by atoms with Gasteiger partial charge in [0.1, 0.15) is 5.75 Å². The number of hydrogen-bond acceptors (Lipinski definition) is 7. The molecular formula is C25H22BrN3O6. The Kier molecular flexibility index (Phi) is 8.96. The lowest BCUT2D eigenvalue weighted by molar-refractivity contribution is -0.120. The van der Waals surface area contributed by atoms with Crippen LogP contribution in [0, 0.1) is 0 Å². The molecule has 180 valence electrons. The molecule has 0 aliphatic heterocycles. The number of carbonyl (C=O) groups is 3. The van der Waals surface area contributed by atoms with Gasteiger partial charge in [0, 0.05) is 10.0 Å². The van der Waals surface area contributed by atoms with Crippen LogP contribution in [0.25, 0.3) is 0 Å². The molecule has 10 heteroatoms. The average Bonchev–Trinajstić information content (AvgIpc) is 2.88. The molecule has 35 heavy (non-hydrogen) atoms. The van der Waals surface area contributed by atoms with Crippen LogP contribution in [0.1, 0.15) is 26.3 Å². The quantitative estimate of drug-likeness (QED) is 0.186. The first-order valence-electron chi connectivity index (χ1n) is 10.3. The fourth-order valence-corrected chi connectivity index (χ4v) is 3.32. The Hall–Kier alpha value is -4.18. The fraction of sp³-hybridized carbons (Fsp3) is 0.120. The van der Waals surface area contributed by atoms with Crippen molar-refractivity contribution >= 4 is 39.9 Å². The van der Waals surface area contributed by atoms with Crippen LogP contribution < -0.4 is 25.0 Å². The summed E-state index contributed by atoms with van der Waals surface area (Å²) in [7, 11) is 2.96. The number of halogens is 1. The van der Waals surface area contributed by atoms with E-state index in [2.05, 4.69) is 31.8 Å². The predicted molar refractivity (Wildman–Crippen MR) is 133 cm³/mol. The predicted octanol–water partition coefficient (Wildman–Crippen LogP) is 3.57. The molecule has 2 N–H and O–H groups in total. The van der Waals surface area contributed by atoms with Crippen molar-refractivity contribution in [2.24, 2.45) is 5.10 Å². The highest BCUT2D eigenvalue weighted by Gasteiger charge is 2.13. The molecule has 0 atom stereocenters. The van der Waals surface area contributed by atoms with Gasteiger partial charge in [-0.15, -0.1) is 0 Å². The number of amides is 2. The van der Waals surface area contributed by atoms with Crippen molar-refractivity contribution in [2.45, 2.75) is 0 Å². The second kappa shape index (κ2) is 12.3. The van der Waals surface area contributed by atoms with Crippen molar-refractivity contribution in [3.63, 3.8) is 0 Å². The third-order valence-corrected chi connectivity index (χ3v) is 5.33. The standard InChI is InChI=1S/C25H22BrN3O6/c1-33-21-12-9-17(13-22(21)34-2)24(31)27-15-23(30)29-28-14-16-7-10-18(11-8-16)35-25(32)19-5-3-4-6-20(19)26/h3-14H,15H2,1-2H3,(H,27,31)(H,29,30)/b28-14+. The number of benzene rings is 3. The molecule has 2 amide bonds. The minimum Gasteiger partial charge on any atom is -0.493 e. The van der Waals surface area contributed by atoms with E-state index in [0.29, 0.717) is 38.4 Å². The Balaban J connectivity index is 1.47. The number of carbonyl (C=O) groups excluding carboxylic acids is 3. The van der Waals surface area contributed by atoms with E-state index < -0.39 is 17.8 Å². The van der Waals surface area contributed by atoms with Crippen molar-refractivity contribution < 1.29 is 28.6 Å². The molecule has 0 unspecified atom stereocenters. The SMILES string of the molecule is COc1ccc(C(=O)NCC(=O)N/N=C/c2ccc(OC(=O)c3ccccc3Br)cc2)cc1OC. The molecule has 0 saturated carbocycles. The van der Waals surface area contributed by atoms with Crippen molar-refractivity contribution in [1.82, 2.24) is 10.7 Å². The summed E-state index contributed by atoms with van der Waals surface area (Å²) >= 11 is 3.32. The maximum absolute atomic E-state index is 12.3. The molecule has 0 aliphatic rings. The lowest BCUT2D eigenvalue weighted by Crippen LogP contribution is -2.34. The molecule has 3 rings (SSSR count). The van der Waals surface area contributed by atoms with Crippen LogP contribution in [-0.4, -0.2) is 44.8 Å². The molecule has 3 aromatic rings. The van der Waals surface area contributed by atoms with Crippen LogP contribution in [0.15, 0.2) is 76.3 Å². The van der Waals surface area contributed by atoms with Crippen LogP contribution in [0.2, 0.25) is 0 Å². The monoisotopic (exact) mass is 539 g/mol. The van der Waals surface area contributed by atoms with Gasteiger partial charge in [-0.25, -0.2) is 10.2 Å². The fourth-order valence-electron chi connectivity index (χ4n) is 2.87. The highest BCUT2D eigenvalue weighted by molar-refractivity contribution is 9.10. The van der Waals surface area contributed by atoms with Crippen molar-refractivity contribution in [3.8, 4) is 17.2 Å². The van der Waals surface area contributed by atoms with E-state index in [1.54, 1.807) is 60.7 Å². The molecule has 0 heterocycles. The number of ether oxygens (including phenoxy) is 3. The zero-order valence-corrected chi connectivity index (χ0v) is 20.5. The van der Waals surface area contributed by atoms with E-state index >= 15 is 0 Å². The van der Waals surface area contributed by atoms with Crippen molar-refractivity contribution in [1.29, 1.82) is 0 Å². The van der Waals surface area contributed by atoms with Crippen LogP contribution >= 0.6 is 15.9 Å². The van der Waals surface area contributed by atoms with Gasteiger partial charge in [-0.1, -0.05) is 12.1 Å². The van der Waals surface area contributed by atoms with Crippen molar-refractivity contribution in [3.05, 3.63) is 87.9 Å². The zero-order valence-electron chi connectivity index (χ0n) is 18.9. The maximum atomic E-state index is 12.3. The summed E-state index contributed by atoms with van der Waals surface area (Å²) in [5.41, 5.74) is 3.74. The Labute approximate surface area is 210 Å². The first-order valence-corrected chi connectivity index (χ1v) is 11.1. The highest BCUT2D eigenvalue weighted by Crippen LogP contribution is 2.27. The van der Waals surface area contributed by atoms with Gasteiger partial charge in [0.05, 0.1) is 32.5 Å². The molecule has 0 radical (unpaired) electrons. The van der Waals surface area contributed by atoms with Gasteiger partial charge in [0.25, 0.3) is 11.8 Å². The highest BCUT2D eigenvalue weighted by atomic mass is 79.9. The molecule has 0 aliphatic carbocycles. The van der Waals surface area contributed by atoms with Gasteiger partial charge in [-0.3, -0.25) is 9.59 Å². The number of methoxy groups -OCH3 is 2. The third-order valence-electron chi connectivity index (χ3n) is 4.64. The largest absolute Gasteiger partial charge is 0.493 e. The second-order valence-corrected chi connectivity index (χ2v) is 7.84. The molecule has 9 nitrogen and oxygen atoms in total. The first-order chi connectivity index (χ1) is 16.9. The smallest absolute Gasteiger partial charge is 0.344 e. The Bertz CT molecular complexity index is 1240. The molecule has 0 fully saturated rings. The average molecular weight is 540 g/mol. The van der Waals surface area contributed by atoms with Gasteiger partial charge < -0.3 is 19.5 Å². The Morgan fingerprint density at radius 1 is 0.943 bits per heavy atom. The van der Waals surface area contributed by atoms with E-state index in [1.807, 2.05) is 0 Å². The number of hydrazone groups is 1. The Morgan fingerprint density at radius 3 is 2.34 bits per heavy atom. The summed E-state index contributed by atoms with van der Waals surface area (Å²) in [6, 6.07) is 18.2. The van der Waals surface area contributed by atoms with Crippen LogP contribution in [-0.2, 0) is 4.79 Å². The van der Waals surface area contributed by atoms with Crippen molar-refractivity contribution in [2.75, 3.05) is 20.8 Å². The molecule has 0 saturated heterocycles. The number of esters is 1. The summed E-state index contributed by atoms with van der Waals surface area (Å²) in [4.78, 5) is 36.5. The minimum atomic E-state index is -0.505. The van der Waals surface area contributed by atoms with Crippen LogP contribution in [0.4, 0.5) is 0 Å². The van der Waals surface area contributed by atoms with Gasteiger partial charge in [0.2, 0.25) is 0 Å². The summed E-state index contributed by atoms with van der Waals surface area (Å²) in [6.45, 7) is -0.269. The van der Waals surface area contributed by atoms with Crippen LogP contribution in [0.5, 0.6) is 17.2 Å². The molecule has 3 aromatic carbocycles. The van der Waals surface area contributed by atoms with E-state index in [9.17, 15) is 14.4 Å².